The van der Waals surface area contributed by atoms with Gasteiger partial charge in [-0.15, -0.1) is 0 Å². The van der Waals surface area contributed by atoms with Crippen molar-refractivity contribution < 1.29 is 27.4 Å². The van der Waals surface area contributed by atoms with Gasteiger partial charge >= 0.3 is 12.1 Å². The van der Waals surface area contributed by atoms with Crippen molar-refractivity contribution in [3.05, 3.63) is 29.3 Å². The summed E-state index contributed by atoms with van der Waals surface area (Å²) in [4.78, 5) is 11.1. The lowest BCUT2D eigenvalue weighted by atomic mass is 10.1. The van der Waals surface area contributed by atoms with Gasteiger partial charge in [0.25, 0.3) is 0 Å². The first-order chi connectivity index (χ1) is 7.38. The largest absolute Gasteiger partial charge is 0.497 e. The minimum Gasteiger partial charge on any atom is -0.497 e. The summed E-state index contributed by atoms with van der Waals surface area (Å²) in [5.74, 6) is -0.889. The average Bonchev–Trinajstić information content (AvgIpc) is 2.26. The lowest BCUT2D eigenvalue weighted by Crippen LogP contribution is -2.09. The van der Waals surface area contributed by atoms with Crippen LogP contribution >= 0.6 is 0 Å². The molecule has 16 heavy (non-hydrogen) atoms. The highest BCUT2D eigenvalue weighted by atomic mass is 19.4. The third-order valence-electron chi connectivity index (χ3n) is 1.89. The summed E-state index contributed by atoms with van der Waals surface area (Å²) in [5.41, 5.74) is -1.15. The van der Waals surface area contributed by atoms with Gasteiger partial charge in [0.2, 0.25) is 0 Å². The summed E-state index contributed by atoms with van der Waals surface area (Å²) in [6.07, 6.45) is -4.53. The lowest BCUT2D eigenvalue weighted by molar-refractivity contribution is -0.137. The highest BCUT2D eigenvalue weighted by Crippen LogP contribution is 2.32. The number of alkyl halides is 3. The zero-order valence-electron chi connectivity index (χ0n) is 8.59. The minimum atomic E-state index is -4.53. The van der Waals surface area contributed by atoms with Crippen LogP contribution in [0.4, 0.5) is 13.2 Å². The SMILES string of the molecule is COC(=O)c1cc(OC)cc(C(F)(F)F)c1. The van der Waals surface area contributed by atoms with E-state index < -0.39 is 17.7 Å². The summed E-state index contributed by atoms with van der Waals surface area (Å²) in [7, 11) is 2.31. The van der Waals surface area contributed by atoms with Gasteiger partial charge in [0, 0.05) is 0 Å². The number of hydrogen-bond acceptors (Lipinski definition) is 3. The Morgan fingerprint density at radius 1 is 1.19 bits per heavy atom. The first-order valence-corrected chi connectivity index (χ1v) is 4.23. The molecular weight excluding hydrogens is 225 g/mol. The first kappa shape index (κ1) is 12.4. The Morgan fingerprint density at radius 2 is 1.81 bits per heavy atom. The van der Waals surface area contributed by atoms with Crippen LogP contribution in [0.25, 0.3) is 0 Å². The molecule has 0 aliphatic rings. The Balaban J connectivity index is 3.27. The first-order valence-electron chi connectivity index (χ1n) is 4.23. The predicted octanol–water partition coefficient (Wildman–Crippen LogP) is 2.50. The molecule has 0 atom stereocenters. The molecule has 0 amide bonds. The quantitative estimate of drug-likeness (QED) is 0.737. The van der Waals surface area contributed by atoms with Gasteiger partial charge < -0.3 is 9.47 Å². The molecule has 3 nitrogen and oxygen atoms in total. The molecule has 0 saturated carbocycles. The second-order valence-corrected chi connectivity index (χ2v) is 2.94. The maximum atomic E-state index is 12.4. The van der Waals surface area contributed by atoms with E-state index in [4.69, 9.17) is 0 Å². The van der Waals surface area contributed by atoms with Gasteiger partial charge in [-0.1, -0.05) is 0 Å². The number of ether oxygens (including phenoxy) is 2. The van der Waals surface area contributed by atoms with Crippen LogP contribution in [-0.4, -0.2) is 20.2 Å². The van der Waals surface area contributed by atoms with Crippen molar-refractivity contribution >= 4 is 5.97 Å². The number of halogens is 3. The van der Waals surface area contributed by atoms with Gasteiger partial charge in [-0.05, 0) is 18.2 Å². The molecule has 0 saturated heterocycles. The molecular formula is C10H9F3O3. The van der Waals surface area contributed by atoms with E-state index in [-0.39, 0.29) is 11.3 Å². The van der Waals surface area contributed by atoms with Crippen LogP contribution in [0.3, 0.4) is 0 Å². The standard InChI is InChI=1S/C10H9F3O3/c1-15-8-4-6(9(14)16-2)3-7(5-8)10(11,12)13/h3-5H,1-2H3. The van der Waals surface area contributed by atoms with E-state index >= 15 is 0 Å². The molecule has 0 unspecified atom stereocenters. The molecule has 88 valence electrons. The number of esters is 1. The lowest BCUT2D eigenvalue weighted by Gasteiger charge is -2.10. The van der Waals surface area contributed by atoms with Gasteiger partial charge in [-0.3, -0.25) is 0 Å². The summed E-state index contributed by atoms with van der Waals surface area (Å²) in [6.45, 7) is 0. The van der Waals surface area contributed by atoms with Gasteiger partial charge in [0.05, 0.1) is 25.3 Å². The van der Waals surface area contributed by atoms with Crippen LogP contribution in [0.15, 0.2) is 18.2 Å². The molecule has 0 heterocycles. The number of benzene rings is 1. The maximum Gasteiger partial charge on any atom is 0.416 e. The number of hydrogen-bond donors (Lipinski definition) is 0. The fourth-order valence-corrected chi connectivity index (χ4v) is 1.12. The molecule has 0 fully saturated rings. The molecule has 0 bridgehead atoms. The molecule has 1 rings (SSSR count). The Hall–Kier alpha value is -1.72. The minimum absolute atomic E-state index is 0.0461. The van der Waals surface area contributed by atoms with E-state index in [2.05, 4.69) is 9.47 Å². The van der Waals surface area contributed by atoms with Crippen molar-refractivity contribution in [2.24, 2.45) is 0 Å². The summed E-state index contributed by atoms with van der Waals surface area (Å²) in [5, 5.41) is 0. The fourth-order valence-electron chi connectivity index (χ4n) is 1.12. The Kier molecular flexibility index (Phi) is 3.41. The van der Waals surface area contributed by atoms with Crippen molar-refractivity contribution in [3.63, 3.8) is 0 Å². The third kappa shape index (κ3) is 2.65. The Morgan fingerprint density at radius 3 is 2.25 bits per heavy atom. The maximum absolute atomic E-state index is 12.4. The van der Waals surface area contributed by atoms with Crippen LogP contribution in [0.5, 0.6) is 5.75 Å². The highest BCUT2D eigenvalue weighted by molar-refractivity contribution is 5.90. The molecule has 0 spiro atoms. The van der Waals surface area contributed by atoms with Gasteiger partial charge in [0.15, 0.2) is 0 Å². The van der Waals surface area contributed by atoms with E-state index in [9.17, 15) is 18.0 Å². The van der Waals surface area contributed by atoms with Crippen molar-refractivity contribution in [2.75, 3.05) is 14.2 Å². The van der Waals surface area contributed by atoms with Gasteiger partial charge in [-0.25, -0.2) is 4.79 Å². The zero-order valence-corrected chi connectivity index (χ0v) is 8.59. The Bertz CT molecular complexity index is 399. The van der Waals surface area contributed by atoms with Crippen molar-refractivity contribution in [1.29, 1.82) is 0 Å². The molecule has 0 aromatic heterocycles. The van der Waals surface area contributed by atoms with Gasteiger partial charge in [-0.2, -0.15) is 13.2 Å². The molecule has 0 aliphatic heterocycles. The monoisotopic (exact) mass is 234 g/mol. The molecule has 0 aliphatic carbocycles. The van der Waals surface area contributed by atoms with E-state index in [1.54, 1.807) is 0 Å². The van der Waals surface area contributed by atoms with Crippen molar-refractivity contribution in [2.45, 2.75) is 6.18 Å². The highest BCUT2D eigenvalue weighted by Gasteiger charge is 2.32. The van der Waals surface area contributed by atoms with E-state index in [0.29, 0.717) is 6.07 Å². The normalized spacial score (nSPS) is 11.1. The second-order valence-electron chi connectivity index (χ2n) is 2.94. The number of methoxy groups -OCH3 is 2. The topological polar surface area (TPSA) is 35.5 Å². The number of carbonyl (C=O) groups is 1. The number of rotatable bonds is 2. The van der Waals surface area contributed by atoms with E-state index in [0.717, 1.165) is 13.2 Å². The van der Waals surface area contributed by atoms with Crippen molar-refractivity contribution in [3.8, 4) is 5.75 Å². The van der Waals surface area contributed by atoms with Crippen LogP contribution in [-0.2, 0) is 10.9 Å². The summed E-state index contributed by atoms with van der Waals surface area (Å²) < 4.78 is 46.4. The molecule has 6 heteroatoms. The molecule has 0 radical (unpaired) electrons. The second kappa shape index (κ2) is 4.42. The zero-order chi connectivity index (χ0) is 12.3. The summed E-state index contributed by atoms with van der Waals surface area (Å²) >= 11 is 0. The van der Waals surface area contributed by atoms with E-state index in [1.807, 2.05) is 0 Å². The van der Waals surface area contributed by atoms with Crippen LogP contribution in [0.1, 0.15) is 15.9 Å². The molecule has 0 N–H and O–H groups in total. The predicted molar refractivity (Wildman–Crippen MR) is 49.3 cm³/mol. The van der Waals surface area contributed by atoms with Gasteiger partial charge in [0.1, 0.15) is 5.75 Å². The van der Waals surface area contributed by atoms with Crippen LogP contribution in [0.2, 0.25) is 0 Å². The average molecular weight is 234 g/mol. The fraction of sp³-hybridized carbons (Fsp3) is 0.300. The van der Waals surface area contributed by atoms with E-state index in [1.165, 1.54) is 13.2 Å². The molecule has 1 aromatic rings. The smallest absolute Gasteiger partial charge is 0.416 e. The van der Waals surface area contributed by atoms with Crippen molar-refractivity contribution in [1.82, 2.24) is 0 Å². The Labute approximate surface area is 89.8 Å². The third-order valence-corrected chi connectivity index (χ3v) is 1.89. The summed E-state index contributed by atoms with van der Waals surface area (Å²) in [6, 6.07) is 2.71. The number of carbonyl (C=O) groups excluding carboxylic acids is 1. The van der Waals surface area contributed by atoms with Crippen LogP contribution in [0, 0.1) is 0 Å². The van der Waals surface area contributed by atoms with Crippen LogP contribution < -0.4 is 4.74 Å². The molecule has 1 aromatic carbocycles.